The molecule has 2 aromatic carbocycles. The van der Waals surface area contributed by atoms with Crippen molar-refractivity contribution in [2.24, 2.45) is 0 Å². The molecule has 0 unspecified atom stereocenters. The molecule has 0 saturated carbocycles. The maximum absolute atomic E-state index is 12.7. The lowest BCUT2D eigenvalue weighted by molar-refractivity contribution is 0.0962. The second-order valence-corrected chi connectivity index (χ2v) is 8.11. The summed E-state index contributed by atoms with van der Waals surface area (Å²) in [5.41, 5.74) is 0.932. The molecule has 1 heterocycles. The van der Waals surface area contributed by atoms with E-state index in [1.807, 2.05) is 0 Å². The van der Waals surface area contributed by atoms with E-state index in [0.717, 1.165) is 25.4 Å². The molecule has 0 aliphatic carbocycles. The minimum Gasteiger partial charge on any atom is -0.355 e. The van der Waals surface area contributed by atoms with Crippen molar-refractivity contribution in [1.82, 2.24) is 18.6 Å². The van der Waals surface area contributed by atoms with Crippen LogP contribution in [0.5, 0.6) is 0 Å². The molecule has 8 nitrogen and oxygen atoms in total. The average molecular weight is 386 g/mol. The van der Waals surface area contributed by atoms with Crippen molar-refractivity contribution in [1.29, 1.82) is 0 Å². The summed E-state index contributed by atoms with van der Waals surface area (Å²) < 4.78 is 26.1. The van der Waals surface area contributed by atoms with E-state index >= 15 is 0 Å². The second-order valence-electron chi connectivity index (χ2n) is 6.06. The molecule has 0 saturated heterocycles. The zero-order chi connectivity index (χ0) is 19.8. The van der Waals surface area contributed by atoms with E-state index in [1.165, 1.54) is 20.3 Å². The van der Waals surface area contributed by atoms with Gasteiger partial charge in [-0.1, -0.05) is 18.2 Å². The number of nitrogens with zero attached hydrogens (tertiary/aromatic N) is 3. The SMILES string of the molecule is CNC(=O)c1ccc2cc(C(=O)c3cn(S(=O)(=O)N(C)C)cn3)ccc2c1. The Morgan fingerprint density at radius 3 is 2.22 bits per heavy atom. The first-order chi connectivity index (χ1) is 12.7. The molecule has 3 rings (SSSR count). The number of amides is 1. The van der Waals surface area contributed by atoms with Crippen LogP contribution in [0.2, 0.25) is 0 Å². The monoisotopic (exact) mass is 386 g/mol. The molecule has 0 spiro atoms. The van der Waals surface area contributed by atoms with Gasteiger partial charge in [-0.05, 0) is 29.0 Å². The fourth-order valence-corrected chi connectivity index (χ4v) is 3.34. The molecule has 0 radical (unpaired) electrons. The maximum atomic E-state index is 12.7. The number of aromatic nitrogens is 2. The third-order valence-corrected chi connectivity index (χ3v) is 5.77. The summed E-state index contributed by atoms with van der Waals surface area (Å²) in [5, 5.41) is 4.16. The van der Waals surface area contributed by atoms with Gasteiger partial charge in [0.25, 0.3) is 5.91 Å². The number of carbonyl (C=O) groups is 2. The van der Waals surface area contributed by atoms with Crippen molar-refractivity contribution in [3.05, 3.63) is 65.7 Å². The first-order valence-corrected chi connectivity index (χ1v) is 9.41. The number of fused-ring (bicyclic) bond motifs is 1. The molecule has 3 aromatic rings. The predicted octanol–water partition coefficient (Wildman–Crippen LogP) is 1.28. The van der Waals surface area contributed by atoms with Gasteiger partial charge in [-0.25, -0.2) is 8.96 Å². The third kappa shape index (κ3) is 3.46. The molecule has 27 heavy (non-hydrogen) atoms. The number of imidazole rings is 1. The highest BCUT2D eigenvalue weighted by Gasteiger charge is 2.20. The van der Waals surface area contributed by atoms with Crippen LogP contribution < -0.4 is 5.32 Å². The van der Waals surface area contributed by atoms with Crippen molar-refractivity contribution in [2.45, 2.75) is 0 Å². The molecule has 0 bridgehead atoms. The summed E-state index contributed by atoms with van der Waals surface area (Å²) >= 11 is 0. The van der Waals surface area contributed by atoms with E-state index in [2.05, 4.69) is 10.3 Å². The first kappa shape index (κ1) is 18.7. The molecular formula is C18H18N4O4S. The smallest absolute Gasteiger partial charge is 0.308 e. The van der Waals surface area contributed by atoms with Gasteiger partial charge in [-0.15, -0.1) is 0 Å². The molecule has 1 N–H and O–H groups in total. The lowest BCUT2D eigenvalue weighted by Crippen LogP contribution is -2.27. The van der Waals surface area contributed by atoms with Gasteiger partial charge < -0.3 is 5.32 Å². The molecule has 140 valence electrons. The summed E-state index contributed by atoms with van der Waals surface area (Å²) in [5.74, 6) is -0.579. The second kappa shape index (κ2) is 6.93. The Morgan fingerprint density at radius 2 is 1.63 bits per heavy atom. The van der Waals surface area contributed by atoms with E-state index in [0.29, 0.717) is 11.1 Å². The number of benzene rings is 2. The van der Waals surface area contributed by atoms with Gasteiger partial charge in [0.1, 0.15) is 12.0 Å². The van der Waals surface area contributed by atoms with Crippen LogP contribution in [0.15, 0.2) is 48.9 Å². The Morgan fingerprint density at radius 1 is 1.04 bits per heavy atom. The fourth-order valence-electron chi connectivity index (χ4n) is 2.56. The molecule has 0 atom stereocenters. The molecule has 0 aliphatic heterocycles. The van der Waals surface area contributed by atoms with Crippen molar-refractivity contribution in [3.63, 3.8) is 0 Å². The minimum atomic E-state index is -3.72. The normalized spacial score (nSPS) is 11.7. The largest absolute Gasteiger partial charge is 0.355 e. The summed E-state index contributed by atoms with van der Waals surface area (Å²) in [6, 6.07) is 10.2. The van der Waals surface area contributed by atoms with Gasteiger partial charge in [-0.3, -0.25) is 9.59 Å². The van der Waals surface area contributed by atoms with E-state index in [1.54, 1.807) is 43.4 Å². The van der Waals surface area contributed by atoms with Gasteiger partial charge in [0.15, 0.2) is 0 Å². The van der Waals surface area contributed by atoms with Crippen molar-refractivity contribution < 1.29 is 18.0 Å². The van der Waals surface area contributed by atoms with Crippen LogP contribution in [0, 0.1) is 0 Å². The van der Waals surface area contributed by atoms with Crippen molar-refractivity contribution >= 4 is 32.7 Å². The van der Waals surface area contributed by atoms with Crippen LogP contribution in [0.25, 0.3) is 10.8 Å². The maximum Gasteiger partial charge on any atom is 0.308 e. The van der Waals surface area contributed by atoms with Gasteiger partial charge in [0, 0.05) is 32.3 Å². The molecule has 1 aromatic heterocycles. The Bertz CT molecular complexity index is 1150. The quantitative estimate of drug-likeness (QED) is 0.666. The fraction of sp³-hybridized carbons (Fsp3) is 0.167. The Labute approximate surface area is 156 Å². The zero-order valence-corrected chi connectivity index (χ0v) is 15.8. The van der Waals surface area contributed by atoms with Gasteiger partial charge in [0.05, 0.1) is 6.20 Å². The van der Waals surface area contributed by atoms with Crippen LogP contribution in [-0.4, -0.2) is 54.5 Å². The van der Waals surface area contributed by atoms with Crippen molar-refractivity contribution in [3.8, 4) is 0 Å². The van der Waals surface area contributed by atoms with Gasteiger partial charge >= 0.3 is 10.2 Å². The number of hydrogen-bond acceptors (Lipinski definition) is 5. The van der Waals surface area contributed by atoms with Gasteiger partial charge in [-0.2, -0.15) is 12.7 Å². The van der Waals surface area contributed by atoms with Crippen LogP contribution in [0.3, 0.4) is 0 Å². The lowest BCUT2D eigenvalue weighted by atomic mass is 10.0. The average Bonchev–Trinajstić information content (AvgIpc) is 3.16. The van der Waals surface area contributed by atoms with E-state index in [4.69, 9.17) is 0 Å². The molecule has 9 heteroatoms. The van der Waals surface area contributed by atoms with Gasteiger partial charge in [0.2, 0.25) is 5.78 Å². The first-order valence-electron chi connectivity index (χ1n) is 8.01. The van der Waals surface area contributed by atoms with Crippen LogP contribution in [0.1, 0.15) is 26.4 Å². The lowest BCUT2D eigenvalue weighted by Gasteiger charge is -2.10. The molecular weight excluding hydrogens is 368 g/mol. The molecule has 0 aliphatic rings. The minimum absolute atomic E-state index is 0.0294. The number of rotatable bonds is 5. The Balaban J connectivity index is 1.95. The predicted molar refractivity (Wildman–Crippen MR) is 101 cm³/mol. The zero-order valence-electron chi connectivity index (χ0n) is 15.0. The highest BCUT2D eigenvalue weighted by atomic mass is 32.2. The summed E-state index contributed by atoms with van der Waals surface area (Å²) in [4.78, 5) is 28.3. The summed E-state index contributed by atoms with van der Waals surface area (Å²) in [6.07, 6.45) is 2.29. The number of nitrogens with one attached hydrogen (secondary N) is 1. The van der Waals surface area contributed by atoms with Crippen molar-refractivity contribution in [2.75, 3.05) is 21.1 Å². The van der Waals surface area contributed by atoms with Crippen LogP contribution in [-0.2, 0) is 10.2 Å². The van der Waals surface area contributed by atoms with E-state index < -0.39 is 10.2 Å². The highest BCUT2D eigenvalue weighted by molar-refractivity contribution is 7.87. The number of ketones is 1. The third-order valence-electron chi connectivity index (χ3n) is 4.11. The van der Waals surface area contributed by atoms with E-state index in [9.17, 15) is 18.0 Å². The molecule has 1 amide bonds. The van der Waals surface area contributed by atoms with Crippen LogP contribution >= 0.6 is 0 Å². The van der Waals surface area contributed by atoms with E-state index in [-0.39, 0.29) is 17.4 Å². The standard InChI is InChI=1S/C18H18N4O4S/c1-19-18(24)15-7-5-12-8-14(6-4-13(12)9-15)17(23)16-10-22(11-20-16)27(25,26)21(2)3/h4-11H,1-3H3,(H,19,24). The number of carbonyl (C=O) groups excluding carboxylic acids is 2. The number of hydrogen-bond donors (Lipinski definition) is 1. The topological polar surface area (TPSA) is 101 Å². The Kier molecular flexibility index (Phi) is 4.81. The summed E-state index contributed by atoms with van der Waals surface area (Å²) in [7, 11) is 0.627. The molecule has 0 fully saturated rings. The Hall–Kier alpha value is -3.04. The highest BCUT2D eigenvalue weighted by Crippen LogP contribution is 2.20. The van der Waals surface area contributed by atoms with Crippen LogP contribution in [0.4, 0.5) is 0 Å². The summed E-state index contributed by atoms with van der Waals surface area (Å²) in [6.45, 7) is 0.